The molecule has 1 rings (SSSR count). The fraction of sp³-hybridized carbons (Fsp3) is 0.875. The van der Waals surface area contributed by atoms with Crippen LogP contribution in [0.5, 0.6) is 0 Å². The van der Waals surface area contributed by atoms with Crippen molar-refractivity contribution in [2.45, 2.75) is 25.7 Å². The first-order valence-corrected chi connectivity index (χ1v) is 5.16. The van der Waals surface area contributed by atoms with Crippen LogP contribution in [0, 0.1) is 5.92 Å². The van der Waals surface area contributed by atoms with Crippen molar-refractivity contribution in [1.82, 2.24) is 0 Å². The predicted octanol–water partition coefficient (Wildman–Crippen LogP) is 1.85. The summed E-state index contributed by atoms with van der Waals surface area (Å²) in [5, 5.41) is 0.733. The maximum absolute atomic E-state index is 5.56. The minimum Gasteiger partial charge on any atom is -0.379 e. The van der Waals surface area contributed by atoms with Gasteiger partial charge in [-0.1, -0.05) is 24.6 Å². The van der Waals surface area contributed by atoms with E-state index >= 15 is 0 Å². The normalized spacial score (nSPS) is 21.0. The first kappa shape index (κ1) is 8.91. The number of amidine groups is 1. The molecule has 0 spiro atoms. The Morgan fingerprint density at radius 3 is 2.73 bits per heavy atom. The van der Waals surface area contributed by atoms with Gasteiger partial charge in [-0.3, -0.25) is 4.99 Å². The monoisotopic (exact) mass is 172 g/mol. The van der Waals surface area contributed by atoms with Crippen LogP contribution in [0.4, 0.5) is 0 Å². The van der Waals surface area contributed by atoms with E-state index in [1.807, 2.05) is 0 Å². The van der Waals surface area contributed by atoms with Crippen molar-refractivity contribution in [3.05, 3.63) is 0 Å². The fourth-order valence-corrected chi connectivity index (χ4v) is 2.31. The summed E-state index contributed by atoms with van der Waals surface area (Å²) in [4.78, 5) is 3.91. The molecule has 2 nitrogen and oxygen atoms in total. The minimum absolute atomic E-state index is 0.733. The van der Waals surface area contributed by atoms with Gasteiger partial charge in [-0.25, -0.2) is 0 Å². The van der Waals surface area contributed by atoms with E-state index in [4.69, 9.17) is 5.73 Å². The summed E-state index contributed by atoms with van der Waals surface area (Å²) >= 11 is 1.70. The maximum Gasteiger partial charge on any atom is 0.153 e. The predicted molar refractivity (Wildman–Crippen MR) is 52.0 cm³/mol. The molecule has 0 amide bonds. The lowest BCUT2D eigenvalue weighted by Gasteiger charge is -2.06. The Morgan fingerprint density at radius 2 is 2.18 bits per heavy atom. The summed E-state index contributed by atoms with van der Waals surface area (Å²) in [6, 6.07) is 0. The molecular formula is C8H16N2S. The zero-order valence-electron chi connectivity index (χ0n) is 7.05. The summed E-state index contributed by atoms with van der Waals surface area (Å²) in [5.41, 5.74) is 5.56. The van der Waals surface area contributed by atoms with Crippen molar-refractivity contribution in [2.75, 3.05) is 12.8 Å². The molecule has 64 valence electrons. The molecule has 0 atom stereocenters. The topological polar surface area (TPSA) is 38.4 Å². The average Bonchev–Trinajstić information content (AvgIpc) is 2.52. The third kappa shape index (κ3) is 3.14. The van der Waals surface area contributed by atoms with E-state index in [0.29, 0.717) is 0 Å². The lowest BCUT2D eigenvalue weighted by molar-refractivity contribution is 0.624. The van der Waals surface area contributed by atoms with Crippen LogP contribution in [0.15, 0.2) is 4.99 Å². The molecule has 0 unspecified atom stereocenters. The molecule has 0 aromatic carbocycles. The quantitative estimate of drug-likeness (QED) is 0.510. The van der Waals surface area contributed by atoms with E-state index in [-0.39, 0.29) is 0 Å². The van der Waals surface area contributed by atoms with Crippen molar-refractivity contribution in [3.63, 3.8) is 0 Å². The smallest absolute Gasteiger partial charge is 0.153 e. The van der Waals surface area contributed by atoms with E-state index in [9.17, 15) is 0 Å². The van der Waals surface area contributed by atoms with Crippen LogP contribution >= 0.6 is 11.8 Å². The lowest BCUT2D eigenvalue weighted by atomic mass is 10.1. The number of nitrogens with two attached hydrogens (primary N) is 1. The molecular weight excluding hydrogens is 156 g/mol. The number of rotatable bonds is 2. The minimum atomic E-state index is 0.733. The molecule has 0 aromatic heterocycles. The molecule has 11 heavy (non-hydrogen) atoms. The van der Waals surface area contributed by atoms with Gasteiger partial charge in [0.05, 0.1) is 0 Å². The van der Waals surface area contributed by atoms with Crippen LogP contribution < -0.4 is 5.73 Å². The molecule has 1 aliphatic carbocycles. The number of nitrogens with zero attached hydrogens (tertiary/aromatic N) is 1. The van der Waals surface area contributed by atoms with Gasteiger partial charge < -0.3 is 5.73 Å². The summed E-state index contributed by atoms with van der Waals surface area (Å²) < 4.78 is 0. The highest BCUT2D eigenvalue weighted by Crippen LogP contribution is 2.27. The van der Waals surface area contributed by atoms with E-state index < -0.39 is 0 Å². The van der Waals surface area contributed by atoms with Crippen LogP contribution in [-0.4, -0.2) is 18.0 Å². The summed E-state index contributed by atoms with van der Waals surface area (Å²) in [6.07, 6.45) is 5.61. The van der Waals surface area contributed by atoms with E-state index in [0.717, 1.165) is 11.1 Å². The lowest BCUT2D eigenvalue weighted by Crippen LogP contribution is -2.09. The number of hydrogen-bond donors (Lipinski definition) is 1. The van der Waals surface area contributed by atoms with E-state index in [1.54, 1.807) is 18.8 Å². The van der Waals surface area contributed by atoms with Gasteiger partial charge in [-0.05, 0) is 18.8 Å². The molecule has 0 saturated heterocycles. The molecule has 0 aliphatic heterocycles. The third-order valence-corrected chi connectivity index (χ3v) is 3.28. The molecule has 0 radical (unpaired) electrons. The second kappa shape index (κ2) is 4.65. The highest BCUT2D eigenvalue weighted by molar-refractivity contribution is 8.13. The highest BCUT2D eigenvalue weighted by atomic mass is 32.2. The fourth-order valence-electron chi connectivity index (χ4n) is 1.44. The average molecular weight is 172 g/mol. The van der Waals surface area contributed by atoms with E-state index in [1.165, 1.54) is 31.4 Å². The molecule has 3 heteroatoms. The van der Waals surface area contributed by atoms with Crippen LogP contribution in [0.3, 0.4) is 0 Å². The molecule has 0 heterocycles. The van der Waals surface area contributed by atoms with Gasteiger partial charge >= 0.3 is 0 Å². The van der Waals surface area contributed by atoms with Crippen molar-refractivity contribution in [1.29, 1.82) is 0 Å². The number of hydrogen-bond acceptors (Lipinski definition) is 2. The van der Waals surface area contributed by atoms with Crippen molar-refractivity contribution < 1.29 is 0 Å². The summed E-state index contributed by atoms with van der Waals surface area (Å²) in [5.74, 6) is 2.07. The Labute approximate surface area is 72.6 Å². The molecule has 1 aliphatic rings. The van der Waals surface area contributed by atoms with Crippen molar-refractivity contribution in [2.24, 2.45) is 16.6 Å². The number of aliphatic imine (C=N–C) groups is 1. The van der Waals surface area contributed by atoms with Gasteiger partial charge in [-0.2, -0.15) is 0 Å². The molecule has 1 fully saturated rings. The zero-order valence-corrected chi connectivity index (χ0v) is 7.86. The van der Waals surface area contributed by atoms with Crippen molar-refractivity contribution >= 4 is 16.9 Å². The molecule has 0 bridgehead atoms. The molecule has 1 saturated carbocycles. The zero-order chi connectivity index (χ0) is 8.10. The van der Waals surface area contributed by atoms with Crippen LogP contribution in [0.25, 0.3) is 0 Å². The molecule has 2 N–H and O–H groups in total. The second-order valence-corrected chi connectivity index (χ2v) is 4.06. The second-order valence-electron chi connectivity index (χ2n) is 3.02. The van der Waals surface area contributed by atoms with Gasteiger partial charge in [0.2, 0.25) is 0 Å². The first-order chi connectivity index (χ1) is 5.33. The third-order valence-electron chi connectivity index (χ3n) is 2.16. The largest absolute Gasteiger partial charge is 0.379 e. The van der Waals surface area contributed by atoms with Crippen LogP contribution in [0.1, 0.15) is 25.7 Å². The standard InChI is InChI=1S/C8H16N2S/c1-10-8(9)11-6-7-4-2-3-5-7/h7H,2-6H2,1H3,(H2,9,10). The van der Waals surface area contributed by atoms with Gasteiger partial charge in [0, 0.05) is 12.8 Å². The molecule has 0 aromatic rings. The first-order valence-electron chi connectivity index (χ1n) is 4.18. The Hall–Kier alpha value is -0.180. The van der Waals surface area contributed by atoms with Crippen molar-refractivity contribution in [3.8, 4) is 0 Å². The summed E-state index contributed by atoms with van der Waals surface area (Å²) in [7, 11) is 1.75. The van der Waals surface area contributed by atoms with Gasteiger partial charge in [0.15, 0.2) is 5.17 Å². The van der Waals surface area contributed by atoms with Crippen LogP contribution in [-0.2, 0) is 0 Å². The van der Waals surface area contributed by atoms with Crippen LogP contribution in [0.2, 0.25) is 0 Å². The Morgan fingerprint density at radius 1 is 1.55 bits per heavy atom. The number of thioether (sulfide) groups is 1. The SMILES string of the molecule is CN=C(N)SCC1CCCC1. The van der Waals surface area contributed by atoms with Gasteiger partial charge in [0.25, 0.3) is 0 Å². The Bertz CT molecular complexity index is 139. The van der Waals surface area contributed by atoms with Gasteiger partial charge in [0.1, 0.15) is 0 Å². The Kier molecular flexibility index (Phi) is 3.77. The highest BCUT2D eigenvalue weighted by Gasteiger charge is 2.14. The van der Waals surface area contributed by atoms with Gasteiger partial charge in [-0.15, -0.1) is 0 Å². The summed E-state index contributed by atoms with van der Waals surface area (Å²) in [6.45, 7) is 0. The maximum atomic E-state index is 5.56. The van der Waals surface area contributed by atoms with E-state index in [2.05, 4.69) is 4.99 Å². The Balaban J connectivity index is 2.11.